The number of halogens is 1. The molecule has 2 rings (SSSR count). The number of carbonyl (C=O) groups is 1. The number of amides is 1. The van der Waals surface area contributed by atoms with Crippen molar-refractivity contribution in [3.05, 3.63) is 29.8 Å². The minimum Gasteiger partial charge on any atom is -0.494 e. The summed E-state index contributed by atoms with van der Waals surface area (Å²) in [4.78, 5) is 14.6. The number of rotatable bonds is 5. The van der Waals surface area contributed by atoms with Gasteiger partial charge in [-0.25, -0.2) is 0 Å². The molecule has 0 aromatic heterocycles. The maximum atomic E-state index is 12.6. The van der Waals surface area contributed by atoms with Crippen LogP contribution >= 0.6 is 12.4 Å². The zero-order chi connectivity index (χ0) is 15.2. The van der Waals surface area contributed by atoms with Crippen LogP contribution in [0, 0.1) is 5.92 Å². The predicted octanol–water partition coefficient (Wildman–Crippen LogP) is 3.10. The fraction of sp³-hybridized carbons (Fsp3) is 0.588. The number of carbonyl (C=O) groups excluding carboxylic acids is 1. The van der Waals surface area contributed by atoms with Crippen molar-refractivity contribution in [3.63, 3.8) is 0 Å². The summed E-state index contributed by atoms with van der Waals surface area (Å²) in [7, 11) is 0. The fourth-order valence-corrected chi connectivity index (χ4v) is 2.75. The van der Waals surface area contributed by atoms with Crippen molar-refractivity contribution in [2.45, 2.75) is 39.2 Å². The molecule has 1 aromatic carbocycles. The number of nitrogens with zero attached hydrogens (tertiary/aromatic N) is 1. The van der Waals surface area contributed by atoms with Crippen LogP contribution in [0.4, 0.5) is 0 Å². The van der Waals surface area contributed by atoms with Gasteiger partial charge in [0.15, 0.2) is 0 Å². The van der Waals surface area contributed by atoms with Gasteiger partial charge in [0, 0.05) is 24.7 Å². The van der Waals surface area contributed by atoms with E-state index in [1.807, 2.05) is 36.1 Å². The molecule has 0 spiro atoms. The minimum absolute atomic E-state index is 0. The molecule has 1 fully saturated rings. The summed E-state index contributed by atoms with van der Waals surface area (Å²) < 4.78 is 5.60. The molecule has 2 N–H and O–H groups in total. The first-order valence-corrected chi connectivity index (χ1v) is 7.89. The average molecular weight is 327 g/mol. The lowest BCUT2D eigenvalue weighted by molar-refractivity contribution is 0.0660. The molecule has 22 heavy (non-hydrogen) atoms. The molecule has 1 aliphatic heterocycles. The van der Waals surface area contributed by atoms with Gasteiger partial charge in [-0.15, -0.1) is 12.4 Å². The van der Waals surface area contributed by atoms with Crippen LogP contribution < -0.4 is 10.5 Å². The Labute approximate surface area is 139 Å². The van der Waals surface area contributed by atoms with E-state index in [9.17, 15) is 4.79 Å². The molecule has 0 radical (unpaired) electrons. The molecule has 1 saturated heterocycles. The highest BCUT2D eigenvalue weighted by atomic mass is 35.5. The van der Waals surface area contributed by atoms with E-state index in [4.69, 9.17) is 10.5 Å². The lowest BCUT2D eigenvalue weighted by Crippen LogP contribution is -2.45. The highest BCUT2D eigenvalue weighted by Gasteiger charge is 2.26. The standard InChI is InChI=1S/C17H26N2O2.ClH/c1-3-10-21-16-8-4-6-14(11-16)17(20)19-9-5-7-15(12-19)13(2)18;/h4,6,8,11,13,15H,3,5,7,9-10,12,18H2,1-2H3;1H. The largest absolute Gasteiger partial charge is 0.494 e. The molecule has 2 atom stereocenters. The second-order valence-electron chi connectivity index (χ2n) is 5.89. The number of nitrogens with two attached hydrogens (primary N) is 1. The van der Waals surface area contributed by atoms with Gasteiger partial charge in [-0.2, -0.15) is 0 Å². The van der Waals surface area contributed by atoms with Crippen LogP contribution in [0.25, 0.3) is 0 Å². The fourth-order valence-electron chi connectivity index (χ4n) is 2.75. The van der Waals surface area contributed by atoms with E-state index in [0.29, 0.717) is 18.1 Å². The number of likely N-dealkylation sites (tertiary alicyclic amines) is 1. The summed E-state index contributed by atoms with van der Waals surface area (Å²) in [5, 5.41) is 0. The smallest absolute Gasteiger partial charge is 0.253 e. The predicted molar refractivity (Wildman–Crippen MR) is 91.8 cm³/mol. The monoisotopic (exact) mass is 326 g/mol. The van der Waals surface area contributed by atoms with Crippen molar-refractivity contribution in [2.24, 2.45) is 11.7 Å². The Balaban J connectivity index is 0.00000242. The van der Waals surface area contributed by atoms with Gasteiger partial charge in [0.2, 0.25) is 0 Å². The Morgan fingerprint density at radius 3 is 2.95 bits per heavy atom. The van der Waals surface area contributed by atoms with Gasteiger partial charge in [0.25, 0.3) is 5.91 Å². The normalized spacial score (nSPS) is 19.2. The average Bonchev–Trinajstić information content (AvgIpc) is 2.52. The van der Waals surface area contributed by atoms with Crippen LogP contribution in [0.1, 0.15) is 43.5 Å². The molecule has 1 amide bonds. The zero-order valence-electron chi connectivity index (χ0n) is 13.5. The lowest BCUT2D eigenvalue weighted by Gasteiger charge is -2.34. The molecule has 124 valence electrons. The highest BCUT2D eigenvalue weighted by molar-refractivity contribution is 5.94. The zero-order valence-corrected chi connectivity index (χ0v) is 14.3. The number of hydrogen-bond donors (Lipinski definition) is 1. The summed E-state index contributed by atoms with van der Waals surface area (Å²) in [5.74, 6) is 1.26. The molecule has 1 aromatic rings. The summed E-state index contributed by atoms with van der Waals surface area (Å²) in [5.41, 5.74) is 6.69. The van der Waals surface area contributed by atoms with Gasteiger partial charge in [-0.05, 0) is 50.3 Å². The minimum atomic E-state index is 0. The third-order valence-electron chi connectivity index (χ3n) is 4.04. The second kappa shape index (κ2) is 9.01. The summed E-state index contributed by atoms with van der Waals surface area (Å²) >= 11 is 0. The third-order valence-corrected chi connectivity index (χ3v) is 4.04. The van der Waals surface area contributed by atoms with Gasteiger partial charge in [-0.3, -0.25) is 4.79 Å². The van der Waals surface area contributed by atoms with Gasteiger partial charge < -0.3 is 15.4 Å². The third kappa shape index (κ3) is 4.89. The van der Waals surface area contributed by atoms with Crippen molar-refractivity contribution < 1.29 is 9.53 Å². The van der Waals surface area contributed by atoms with E-state index in [0.717, 1.165) is 38.1 Å². The molecule has 0 saturated carbocycles. The van der Waals surface area contributed by atoms with Gasteiger partial charge in [-0.1, -0.05) is 13.0 Å². The Bertz CT molecular complexity index is 479. The molecule has 0 bridgehead atoms. The molecule has 0 aliphatic carbocycles. The van der Waals surface area contributed by atoms with E-state index >= 15 is 0 Å². The lowest BCUT2D eigenvalue weighted by atomic mass is 9.92. The topological polar surface area (TPSA) is 55.6 Å². The van der Waals surface area contributed by atoms with Crippen LogP contribution in [-0.2, 0) is 0 Å². The SMILES string of the molecule is CCCOc1cccc(C(=O)N2CCCC(C(C)N)C2)c1.Cl. The molecule has 5 heteroatoms. The van der Waals surface area contributed by atoms with Gasteiger partial charge in [0.1, 0.15) is 5.75 Å². The molecule has 1 heterocycles. The van der Waals surface area contributed by atoms with Crippen molar-refractivity contribution in [1.82, 2.24) is 4.90 Å². The van der Waals surface area contributed by atoms with E-state index in [1.54, 1.807) is 0 Å². The number of piperidine rings is 1. The van der Waals surface area contributed by atoms with Gasteiger partial charge in [0.05, 0.1) is 6.61 Å². The first kappa shape index (κ1) is 18.8. The van der Waals surface area contributed by atoms with Crippen molar-refractivity contribution >= 4 is 18.3 Å². The van der Waals surface area contributed by atoms with Crippen LogP contribution in [0.3, 0.4) is 0 Å². The maximum absolute atomic E-state index is 12.6. The first-order valence-electron chi connectivity index (χ1n) is 7.89. The van der Waals surface area contributed by atoms with E-state index < -0.39 is 0 Å². The number of hydrogen-bond acceptors (Lipinski definition) is 3. The van der Waals surface area contributed by atoms with Gasteiger partial charge >= 0.3 is 0 Å². The van der Waals surface area contributed by atoms with Crippen molar-refractivity contribution in [1.29, 1.82) is 0 Å². The van der Waals surface area contributed by atoms with Crippen LogP contribution in [0.5, 0.6) is 5.75 Å². The molecular formula is C17H27ClN2O2. The second-order valence-corrected chi connectivity index (χ2v) is 5.89. The molecule has 1 aliphatic rings. The van der Waals surface area contributed by atoms with Crippen LogP contribution in [0.2, 0.25) is 0 Å². The first-order chi connectivity index (χ1) is 10.1. The number of ether oxygens (including phenoxy) is 1. The van der Waals surface area contributed by atoms with Crippen LogP contribution in [0.15, 0.2) is 24.3 Å². The summed E-state index contributed by atoms with van der Waals surface area (Å²) in [6.45, 7) is 6.35. The quantitative estimate of drug-likeness (QED) is 0.904. The molecule has 2 unspecified atom stereocenters. The van der Waals surface area contributed by atoms with Crippen molar-refractivity contribution in [2.75, 3.05) is 19.7 Å². The number of benzene rings is 1. The Morgan fingerprint density at radius 1 is 1.50 bits per heavy atom. The Kier molecular flexibility index (Phi) is 7.69. The highest BCUT2D eigenvalue weighted by Crippen LogP contribution is 2.22. The maximum Gasteiger partial charge on any atom is 0.253 e. The molecular weight excluding hydrogens is 300 g/mol. The Morgan fingerprint density at radius 2 is 2.27 bits per heavy atom. The van der Waals surface area contributed by atoms with E-state index in [2.05, 4.69) is 6.92 Å². The molecule has 4 nitrogen and oxygen atoms in total. The van der Waals surface area contributed by atoms with Crippen LogP contribution in [-0.4, -0.2) is 36.5 Å². The van der Waals surface area contributed by atoms with Crippen molar-refractivity contribution in [3.8, 4) is 5.75 Å². The summed E-state index contributed by atoms with van der Waals surface area (Å²) in [6, 6.07) is 7.61. The summed E-state index contributed by atoms with van der Waals surface area (Å²) in [6.07, 6.45) is 3.10. The Hall–Kier alpha value is -1.26. The van der Waals surface area contributed by atoms with E-state index in [-0.39, 0.29) is 24.4 Å². The van der Waals surface area contributed by atoms with E-state index in [1.165, 1.54) is 0 Å².